The van der Waals surface area contributed by atoms with Crippen molar-refractivity contribution in [2.24, 2.45) is 5.73 Å². The van der Waals surface area contributed by atoms with E-state index in [2.05, 4.69) is 29.8 Å². The Balaban J connectivity index is 4.36. The van der Waals surface area contributed by atoms with E-state index in [1.807, 2.05) is 0 Å². The molecule has 3 amide bonds. The van der Waals surface area contributed by atoms with Crippen LogP contribution in [-0.2, 0) is 14.4 Å². The average molecular weight is 245 g/mol. The molecule has 0 bridgehead atoms. The van der Waals surface area contributed by atoms with Crippen molar-refractivity contribution < 1.29 is 14.4 Å². The van der Waals surface area contributed by atoms with Crippen LogP contribution >= 0.6 is 12.6 Å². The normalized spacial score (nSPS) is 11.4. The molecule has 16 heavy (non-hydrogen) atoms. The van der Waals surface area contributed by atoms with E-state index in [0.29, 0.717) is 4.91 Å². The van der Waals surface area contributed by atoms with E-state index in [-0.39, 0.29) is 13.0 Å². The Morgan fingerprint density at radius 2 is 2.00 bits per heavy atom. The third-order valence-electron chi connectivity index (χ3n) is 1.57. The molecule has 0 aromatic rings. The van der Waals surface area contributed by atoms with Crippen molar-refractivity contribution in [1.82, 2.24) is 10.6 Å². The summed E-state index contributed by atoms with van der Waals surface area (Å²) in [4.78, 5) is 33.5. The number of carbonyl (C=O) groups is 3. The number of rotatable bonds is 6. The second-order valence-corrected chi connectivity index (χ2v) is 3.84. The van der Waals surface area contributed by atoms with E-state index in [4.69, 9.17) is 5.73 Å². The zero-order valence-corrected chi connectivity index (χ0v) is 9.84. The van der Waals surface area contributed by atoms with E-state index in [1.165, 1.54) is 6.92 Å². The summed E-state index contributed by atoms with van der Waals surface area (Å²) in [5.74, 6) is -1.58. The zero-order valence-electron chi connectivity index (χ0n) is 8.95. The molecule has 90 valence electrons. The second-order valence-electron chi connectivity index (χ2n) is 3.21. The van der Waals surface area contributed by atoms with Crippen LogP contribution < -0.4 is 16.4 Å². The van der Waals surface area contributed by atoms with Crippen LogP contribution in [0.1, 0.15) is 13.3 Å². The van der Waals surface area contributed by atoms with Crippen molar-refractivity contribution >= 4 is 30.4 Å². The number of nitrogens with one attached hydrogen (secondary N) is 2. The Morgan fingerprint density at radius 1 is 1.44 bits per heavy atom. The Morgan fingerprint density at radius 3 is 2.38 bits per heavy atom. The number of amides is 3. The Labute approximate surface area is 99.0 Å². The van der Waals surface area contributed by atoms with Gasteiger partial charge < -0.3 is 16.4 Å². The average Bonchev–Trinajstić information content (AvgIpc) is 2.11. The molecule has 0 saturated carbocycles. The fourth-order valence-electron chi connectivity index (χ4n) is 0.968. The minimum Gasteiger partial charge on any atom is -0.370 e. The van der Waals surface area contributed by atoms with Gasteiger partial charge in [-0.3, -0.25) is 14.4 Å². The van der Waals surface area contributed by atoms with Gasteiger partial charge in [0.05, 0.1) is 6.42 Å². The first kappa shape index (κ1) is 14.5. The third kappa shape index (κ3) is 6.88. The van der Waals surface area contributed by atoms with Crippen molar-refractivity contribution in [3.63, 3.8) is 0 Å². The minimum atomic E-state index is -0.956. The highest BCUT2D eigenvalue weighted by molar-refractivity contribution is 7.84. The van der Waals surface area contributed by atoms with Gasteiger partial charge in [0, 0.05) is 13.5 Å². The molecule has 0 aliphatic heterocycles. The Hall–Kier alpha value is -1.50. The first-order valence-corrected chi connectivity index (χ1v) is 4.97. The lowest BCUT2D eigenvalue weighted by atomic mass is 10.2. The smallest absolute Gasteiger partial charge is 0.243 e. The molecule has 0 aromatic carbocycles. The van der Waals surface area contributed by atoms with Crippen LogP contribution in [0.15, 0.2) is 11.5 Å². The molecule has 0 spiro atoms. The van der Waals surface area contributed by atoms with E-state index in [0.717, 1.165) is 0 Å². The molecule has 0 aliphatic rings. The summed E-state index contributed by atoms with van der Waals surface area (Å²) in [7, 11) is 0. The Kier molecular flexibility index (Phi) is 6.24. The summed E-state index contributed by atoms with van der Waals surface area (Å²) in [6, 6.07) is -0.956. The quantitative estimate of drug-likeness (QED) is 0.448. The molecule has 4 N–H and O–H groups in total. The highest BCUT2D eigenvalue weighted by Gasteiger charge is 2.21. The first-order valence-electron chi connectivity index (χ1n) is 4.52. The van der Waals surface area contributed by atoms with Crippen LogP contribution in [0.3, 0.4) is 0 Å². The molecule has 1 atom stereocenters. The van der Waals surface area contributed by atoms with Gasteiger partial charge in [0.2, 0.25) is 17.7 Å². The first-order chi connectivity index (χ1) is 7.32. The van der Waals surface area contributed by atoms with Crippen LogP contribution in [0.4, 0.5) is 0 Å². The molecule has 6 nitrogen and oxygen atoms in total. The summed E-state index contributed by atoms with van der Waals surface area (Å²) in [6.07, 6.45) is -0.246. The maximum absolute atomic E-state index is 11.5. The third-order valence-corrected chi connectivity index (χ3v) is 1.72. The van der Waals surface area contributed by atoms with Gasteiger partial charge in [0.25, 0.3) is 0 Å². The lowest BCUT2D eigenvalue weighted by Gasteiger charge is -2.15. The summed E-state index contributed by atoms with van der Waals surface area (Å²) in [6.45, 7) is 4.89. The lowest BCUT2D eigenvalue weighted by Crippen LogP contribution is -2.48. The molecular weight excluding hydrogens is 230 g/mol. The fourth-order valence-corrected chi connectivity index (χ4v) is 1.05. The van der Waals surface area contributed by atoms with E-state index >= 15 is 0 Å². The zero-order chi connectivity index (χ0) is 12.7. The largest absolute Gasteiger partial charge is 0.370 e. The second kappa shape index (κ2) is 6.89. The minimum absolute atomic E-state index is 0.163. The number of hydrogen-bond donors (Lipinski definition) is 4. The number of hydrogen-bond acceptors (Lipinski definition) is 4. The number of primary amides is 1. The molecule has 0 unspecified atom stereocenters. The molecule has 0 aliphatic carbocycles. The van der Waals surface area contributed by atoms with Crippen molar-refractivity contribution in [3.8, 4) is 0 Å². The maximum atomic E-state index is 11.5. The summed E-state index contributed by atoms with van der Waals surface area (Å²) in [5.41, 5.74) is 4.96. The maximum Gasteiger partial charge on any atom is 0.243 e. The van der Waals surface area contributed by atoms with Gasteiger partial charge in [-0.1, -0.05) is 6.58 Å². The molecule has 7 heteroatoms. The number of thiol groups is 1. The predicted octanol–water partition coefficient (Wildman–Crippen LogP) is -1.07. The Bertz CT molecular complexity index is 301. The number of carbonyl (C=O) groups excluding carboxylic acids is 3. The van der Waals surface area contributed by atoms with Gasteiger partial charge in [0.1, 0.15) is 6.04 Å². The van der Waals surface area contributed by atoms with Crippen LogP contribution in [0.25, 0.3) is 0 Å². The molecule has 0 saturated heterocycles. The van der Waals surface area contributed by atoms with Crippen molar-refractivity contribution in [3.05, 3.63) is 11.5 Å². The SMILES string of the molecule is C=C(S)CNC(=O)[C@H](CC(N)=O)NC(C)=O. The topological polar surface area (TPSA) is 101 Å². The van der Waals surface area contributed by atoms with E-state index in [9.17, 15) is 14.4 Å². The van der Waals surface area contributed by atoms with E-state index < -0.39 is 23.8 Å². The summed E-state index contributed by atoms with van der Waals surface area (Å²) >= 11 is 3.89. The molecule has 0 aromatic heterocycles. The number of nitrogens with two attached hydrogens (primary N) is 1. The van der Waals surface area contributed by atoms with E-state index in [1.54, 1.807) is 0 Å². The molecule has 0 fully saturated rings. The van der Waals surface area contributed by atoms with Crippen LogP contribution in [0, 0.1) is 0 Å². The van der Waals surface area contributed by atoms with Crippen molar-refractivity contribution in [2.75, 3.05) is 6.54 Å². The van der Waals surface area contributed by atoms with Crippen LogP contribution in [-0.4, -0.2) is 30.3 Å². The van der Waals surface area contributed by atoms with Crippen molar-refractivity contribution in [1.29, 1.82) is 0 Å². The van der Waals surface area contributed by atoms with Gasteiger partial charge in [-0.25, -0.2) is 0 Å². The lowest BCUT2D eigenvalue weighted by molar-refractivity contribution is -0.130. The molecule has 0 radical (unpaired) electrons. The predicted molar refractivity (Wildman–Crippen MR) is 62.6 cm³/mol. The van der Waals surface area contributed by atoms with Gasteiger partial charge in [0.15, 0.2) is 0 Å². The highest BCUT2D eigenvalue weighted by atomic mass is 32.1. The fraction of sp³-hybridized carbons (Fsp3) is 0.444. The molecule has 0 heterocycles. The molecule has 0 rings (SSSR count). The van der Waals surface area contributed by atoms with Gasteiger partial charge in [-0.15, -0.1) is 12.6 Å². The van der Waals surface area contributed by atoms with Crippen LogP contribution in [0.5, 0.6) is 0 Å². The highest BCUT2D eigenvalue weighted by Crippen LogP contribution is 1.95. The summed E-state index contributed by atoms with van der Waals surface area (Å²) in [5, 5.41) is 4.78. The van der Waals surface area contributed by atoms with Gasteiger partial charge in [-0.2, -0.15) is 0 Å². The van der Waals surface area contributed by atoms with Gasteiger partial charge >= 0.3 is 0 Å². The van der Waals surface area contributed by atoms with Crippen molar-refractivity contribution in [2.45, 2.75) is 19.4 Å². The monoisotopic (exact) mass is 245 g/mol. The molecular formula is C9H15N3O3S. The van der Waals surface area contributed by atoms with Crippen LogP contribution in [0.2, 0.25) is 0 Å². The van der Waals surface area contributed by atoms with Gasteiger partial charge in [-0.05, 0) is 4.91 Å². The standard InChI is InChI=1S/C9H15N3O3S/c1-5(16)4-11-9(15)7(3-8(10)14)12-6(2)13/h7,16H,1,3-4H2,2H3,(H2,10,14)(H,11,15)(H,12,13)/t7-/m0/s1. The summed E-state index contributed by atoms with van der Waals surface area (Å²) < 4.78 is 0.